The third-order valence-electron chi connectivity index (χ3n) is 2.45. The lowest BCUT2D eigenvalue weighted by Gasteiger charge is -2.17. The summed E-state index contributed by atoms with van der Waals surface area (Å²) < 4.78 is 18.9. The summed E-state index contributed by atoms with van der Waals surface area (Å²) in [5, 5.41) is 9.50. The fourth-order valence-corrected chi connectivity index (χ4v) is 1.39. The first kappa shape index (κ1) is 13.9. The lowest BCUT2D eigenvalue weighted by atomic mass is 10.1. The summed E-state index contributed by atoms with van der Waals surface area (Å²) in [6.07, 6.45) is 0.490. The molecule has 96 valence electrons. The molecule has 0 aromatic heterocycles. The van der Waals surface area contributed by atoms with E-state index >= 15 is 0 Å². The standard InChI is InChI=1S/C13H20FNO2/c1-9(15)11-5-4-10(8-12(11)14)17-7-6-13(2,3)16/h4-5,8-9,16H,6-7,15H2,1-3H3/t9-/m1/s1. The Bertz CT molecular complexity index is 372. The maximum Gasteiger partial charge on any atom is 0.131 e. The first-order valence-corrected chi connectivity index (χ1v) is 5.70. The van der Waals surface area contributed by atoms with Crippen LogP contribution in [-0.2, 0) is 0 Å². The predicted octanol–water partition coefficient (Wildman–Crippen LogP) is 2.39. The van der Waals surface area contributed by atoms with E-state index < -0.39 is 5.60 Å². The van der Waals surface area contributed by atoms with E-state index in [9.17, 15) is 9.50 Å². The molecule has 0 radical (unpaired) electrons. The van der Waals surface area contributed by atoms with E-state index in [0.29, 0.717) is 24.3 Å². The summed E-state index contributed by atoms with van der Waals surface area (Å²) in [6, 6.07) is 4.30. The first-order chi connectivity index (χ1) is 7.79. The van der Waals surface area contributed by atoms with Crippen molar-refractivity contribution in [2.24, 2.45) is 5.73 Å². The molecule has 3 N–H and O–H groups in total. The molecule has 1 atom stereocenters. The molecule has 0 saturated carbocycles. The topological polar surface area (TPSA) is 55.5 Å². The van der Waals surface area contributed by atoms with Crippen molar-refractivity contribution in [3.63, 3.8) is 0 Å². The highest BCUT2D eigenvalue weighted by Gasteiger charge is 2.13. The molecule has 1 aromatic rings. The molecule has 0 amide bonds. The van der Waals surface area contributed by atoms with Gasteiger partial charge in [0, 0.05) is 24.1 Å². The molecule has 0 spiro atoms. The Hall–Kier alpha value is -1.13. The highest BCUT2D eigenvalue weighted by molar-refractivity contribution is 5.30. The Balaban J connectivity index is 2.59. The molecule has 0 unspecified atom stereocenters. The highest BCUT2D eigenvalue weighted by Crippen LogP contribution is 2.21. The lowest BCUT2D eigenvalue weighted by molar-refractivity contribution is 0.0553. The van der Waals surface area contributed by atoms with Crippen LogP contribution >= 0.6 is 0 Å². The van der Waals surface area contributed by atoms with Crippen molar-refractivity contribution >= 4 is 0 Å². The zero-order chi connectivity index (χ0) is 13.1. The molecular formula is C13H20FNO2. The summed E-state index contributed by atoms with van der Waals surface area (Å²) in [4.78, 5) is 0. The van der Waals surface area contributed by atoms with Crippen LogP contribution in [0.5, 0.6) is 5.75 Å². The van der Waals surface area contributed by atoms with Gasteiger partial charge in [0.05, 0.1) is 12.2 Å². The van der Waals surface area contributed by atoms with Crippen molar-refractivity contribution < 1.29 is 14.2 Å². The van der Waals surface area contributed by atoms with Crippen LogP contribution < -0.4 is 10.5 Å². The van der Waals surface area contributed by atoms with Crippen molar-refractivity contribution in [2.75, 3.05) is 6.61 Å². The molecular weight excluding hydrogens is 221 g/mol. The minimum atomic E-state index is -0.774. The first-order valence-electron chi connectivity index (χ1n) is 5.70. The minimum Gasteiger partial charge on any atom is -0.493 e. The fraction of sp³-hybridized carbons (Fsp3) is 0.538. The number of benzene rings is 1. The van der Waals surface area contributed by atoms with Crippen LogP contribution in [0.3, 0.4) is 0 Å². The highest BCUT2D eigenvalue weighted by atomic mass is 19.1. The monoisotopic (exact) mass is 241 g/mol. The number of halogens is 1. The van der Waals surface area contributed by atoms with E-state index in [1.807, 2.05) is 0 Å². The largest absolute Gasteiger partial charge is 0.493 e. The summed E-state index contributed by atoms with van der Waals surface area (Å²) in [6.45, 7) is 5.49. The van der Waals surface area contributed by atoms with Crippen LogP contribution in [-0.4, -0.2) is 17.3 Å². The molecule has 4 heteroatoms. The molecule has 0 fully saturated rings. The van der Waals surface area contributed by atoms with E-state index in [0.717, 1.165) is 0 Å². The van der Waals surface area contributed by atoms with Crippen LogP contribution in [0, 0.1) is 5.82 Å². The molecule has 0 heterocycles. The normalized spacial score (nSPS) is 13.5. The zero-order valence-electron chi connectivity index (χ0n) is 10.5. The van der Waals surface area contributed by atoms with Crippen molar-refractivity contribution in [3.05, 3.63) is 29.6 Å². The average molecular weight is 241 g/mol. The van der Waals surface area contributed by atoms with E-state index in [4.69, 9.17) is 10.5 Å². The van der Waals surface area contributed by atoms with Gasteiger partial charge in [0.1, 0.15) is 11.6 Å². The molecule has 1 aromatic carbocycles. The van der Waals surface area contributed by atoms with E-state index in [-0.39, 0.29) is 11.9 Å². The summed E-state index contributed by atoms with van der Waals surface area (Å²) in [7, 11) is 0. The fourth-order valence-electron chi connectivity index (χ4n) is 1.39. The van der Waals surface area contributed by atoms with Gasteiger partial charge in [-0.25, -0.2) is 4.39 Å². The molecule has 3 nitrogen and oxygen atoms in total. The maximum absolute atomic E-state index is 13.6. The summed E-state index contributed by atoms with van der Waals surface area (Å²) in [5.41, 5.74) is 5.31. The van der Waals surface area contributed by atoms with Crippen LogP contribution in [0.2, 0.25) is 0 Å². The van der Waals surface area contributed by atoms with Gasteiger partial charge in [-0.05, 0) is 26.8 Å². The SMILES string of the molecule is C[C@@H](N)c1ccc(OCCC(C)(C)O)cc1F. The minimum absolute atomic E-state index is 0.333. The Morgan fingerprint density at radius 2 is 2.12 bits per heavy atom. The summed E-state index contributed by atoms with van der Waals surface area (Å²) >= 11 is 0. The van der Waals surface area contributed by atoms with Crippen LogP contribution in [0.1, 0.15) is 38.8 Å². The maximum atomic E-state index is 13.6. The third kappa shape index (κ3) is 4.71. The number of hydrogen-bond donors (Lipinski definition) is 2. The van der Waals surface area contributed by atoms with Gasteiger partial charge in [0.15, 0.2) is 0 Å². The van der Waals surface area contributed by atoms with Gasteiger partial charge in [-0.2, -0.15) is 0 Å². The summed E-state index contributed by atoms with van der Waals surface area (Å²) in [5.74, 6) is 0.0944. The van der Waals surface area contributed by atoms with Gasteiger partial charge in [-0.15, -0.1) is 0 Å². The second-order valence-corrected chi connectivity index (χ2v) is 4.88. The van der Waals surface area contributed by atoms with Gasteiger partial charge < -0.3 is 15.6 Å². The van der Waals surface area contributed by atoms with Gasteiger partial charge in [0.25, 0.3) is 0 Å². The number of aliphatic hydroxyl groups is 1. The smallest absolute Gasteiger partial charge is 0.131 e. The van der Waals surface area contributed by atoms with Gasteiger partial charge in [0.2, 0.25) is 0 Å². The molecule has 1 rings (SSSR count). The molecule has 0 saturated heterocycles. The Morgan fingerprint density at radius 3 is 2.59 bits per heavy atom. The predicted molar refractivity (Wildman–Crippen MR) is 65.4 cm³/mol. The van der Waals surface area contributed by atoms with Crippen molar-refractivity contribution in [3.8, 4) is 5.75 Å². The quantitative estimate of drug-likeness (QED) is 0.832. The Kier molecular flexibility index (Phi) is 4.48. The van der Waals surface area contributed by atoms with E-state index in [1.54, 1.807) is 32.9 Å². The number of ether oxygens (including phenoxy) is 1. The van der Waals surface area contributed by atoms with Crippen LogP contribution in [0.4, 0.5) is 4.39 Å². The zero-order valence-corrected chi connectivity index (χ0v) is 10.5. The Morgan fingerprint density at radius 1 is 1.47 bits per heavy atom. The lowest BCUT2D eigenvalue weighted by Crippen LogP contribution is -2.21. The molecule has 0 bridgehead atoms. The van der Waals surface area contributed by atoms with Crippen LogP contribution in [0.25, 0.3) is 0 Å². The Labute approximate surface area is 101 Å². The molecule has 0 aliphatic rings. The average Bonchev–Trinajstić information content (AvgIpc) is 2.15. The van der Waals surface area contributed by atoms with Crippen LogP contribution in [0.15, 0.2) is 18.2 Å². The van der Waals surface area contributed by atoms with Gasteiger partial charge in [-0.3, -0.25) is 0 Å². The second kappa shape index (κ2) is 5.47. The molecule has 0 aliphatic carbocycles. The number of nitrogens with two attached hydrogens (primary N) is 1. The molecule has 17 heavy (non-hydrogen) atoms. The number of hydrogen-bond acceptors (Lipinski definition) is 3. The van der Waals surface area contributed by atoms with E-state index in [1.165, 1.54) is 6.07 Å². The van der Waals surface area contributed by atoms with E-state index in [2.05, 4.69) is 0 Å². The van der Waals surface area contributed by atoms with Gasteiger partial charge >= 0.3 is 0 Å². The van der Waals surface area contributed by atoms with Gasteiger partial charge in [-0.1, -0.05) is 6.07 Å². The third-order valence-corrected chi connectivity index (χ3v) is 2.45. The van der Waals surface area contributed by atoms with Crippen molar-refractivity contribution in [1.29, 1.82) is 0 Å². The number of rotatable bonds is 5. The molecule has 0 aliphatic heterocycles. The van der Waals surface area contributed by atoms with Crippen molar-refractivity contribution in [1.82, 2.24) is 0 Å². The second-order valence-electron chi connectivity index (χ2n) is 4.88. The van der Waals surface area contributed by atoms with Crippen molar-refractivity contribution in [2.45, 2.75) is 38.8 Å².